The van der Waals surface area contributed by atoms with E-state index in [4.69, 9.17) is 0 Å². The number of amides is 2. The van der Waals surface area contributed by atoms with E-state index in [2.05, 4.69) is 11.4 Å². The van der Waals surface area contributed by atoms with Crippen molar-refractivity contribution in [2.75, 3.05) is 4.90 Å². The third-order valence-corrected chi connectivity index (χ3v) is 6.90. The van der Waals surface area contributed by atoms with Gasteiger partial charge < -0.3 is 5.32 Å². The molecule has 1 heterocycles. The number of carbonyl (C=O) groups is 2. The van der Waals surface area contributed by atoms with E-state index >= 15 is 0 Å². The number of rotatable bonds is 6. The minimum absolute atomic E-state index is 0.0544. The van der Waals surface area contributed by atoms with Crippen LogP contribution < -0.4 is 10.2 Å². The van der Waals surface area contributed by atoms with Crippen LogP contribution in [0.5, 0.6) is 0 Å². The summed E-state index contributed by atoms with van der Waals surface area (Å²) >= 11 is 1.28. The molecule has 2 amide bonds. The molecule has 0 radical (unpaired) electrons. The Hall–Kier alpha value is -3.82. The van der Waals surface area contributed by atoms with Crippen LogP contribution in [0.15, 0.2) is 89.5 Å². The molecule has 1 atom stereocenters. The van der Waals surface area contributed by atoms with Crippen LogP contribution in [0.25, 0.3) is 0 Å². The maximum Gasteiger partial charge on any atom is 0.264 e. The van der Waals surface area contributed by atoms with Crippen LogP contribution in [0.2, 0.25) is 0 Å². The molecular weight excluding hydrogens is 442 g/mol. The van der Waals surface area contributed by atoms with Crippen molar-refractivity contribution in [2.24, 2.45) is 0 Å². The van der Waals surface area contributed by atoms with Crippen molar-refractivity contribution >= 4 is 29.3 Å². The Morgan fingerprint density at radius 3 is 2.18 bits per heavy atom. The van der Waals surface area contributed by atoms with Gasteiger partial charge in [-0.3, -0.25) is 14.5 Å². The molecule has 3 aromatic carbocycles. The zero-order valence-electron chi connectivity index (χ0n) is 19.1. The molecule has 6 heteroatoms. The molecule has 1 aliphatic rings. The predicted molar refractivity (Wildman–Crippen MR) is 136 cm³/mol. The fourth-order valence-corrected chi connectivity index (χ4v) is 5.03. The van der Waals surface area contributed by atoms with Gasteiger partial charge in [0.1, 0.15) is 16.7 Å². The van der Waals surface area contributed by atoms with Gasteiger partial charge in [-0.15, -0.1) is 0 Å². The molecule has 1 aliphatic heterocycles. The maximum absolute atomic E-state index is 13.5. The molecule has 0 unspecified atom stereocenters. The summed E-state index contributed by atoms with van der Waals surface area (Å²) in [5.74, 6) is -0.622. The lowest BCUT2D eigenvalue weighted by atomic mass is 10.1. The standard InChI is InChI=1S/C28H25N3O2S/c1-19-8-12-21(13-9-19)16-25-27(33)31(23-14-10-20(2)11-15-23)28(34-25)24(17-29)26(32)30-18-22-6-4-3-5-7-22/h3-15,25H,16,18H2,1-2H3,(H,30,32)/b28-24-/t25-/m1/s1. The van der Waals surface area contributed by atoms with Crippen LogP contribution in [0.4, 0.5) is 5.69 Å². The summed E-state index contributed by atoms with van der Waals surface area (Å²) in [5, 5.41) is 12.7. The van der Waals surface area contributed by atoms with Crippen LogP contribution in [0, 0.1) is 25.2 Å². The number of aryl methyl sites for hydroxylation is 2. The number of hydrogen-bond donors (Lipinski definition) is 1. The lowest BCUT2D eigenvalue weighted by molar-refractivity contribution is -0.117. The smallest absolute Gasteiger partial charge is 0.264 e. The summed E-state index contributed by atoms with van der Waals surface area (Å²) in [6.07, 6.45) is 0.514. The minimum atomic E-state index is -0.491. The van der Waals surface area contributed by atoms with Crippen molar-refractivity contribution < 1.29 is 9.59 Å². The minimum Gasteiger partial charge on any atom is -0.347 e. The van der Waals surface area contributed by atoms with Gasteiger partial charge in [-0.2, -0.15) is 5.26 Å². The van der Waals surface area contributed by atoms with Gasteiger partial charge in [0.2, 0.25) is 5.91 Å². The Balaban J connectivity index is 1.66. The summed E-state index contributed by atoms with van der Waals surface area (Å²) in [4.78, 5) is 28.1. The number of anilines is 1. The van der Waals surface area contributed by atoms with Gasteiger partial charge in [0.05, 0.1) is 5.25 Å². The topological polar surface area (TPSA) is 73.2 Å². The number of carbonyl (C=O) groups excluding carboxylic acids is 2. The summed E-state index contributed by atoms with van der Waals surface area (Å²) in [6.45, 7) is 4.29. The zero-order valence-corrected chi connectivity index (χ0v) is 19.9. The largest absolute Gasteiger partial charge is 0.347 e. The molecule has 1 N–H and O–H groups in total. The average molecular weight is 468 g/mol. The number of thioether (sulfide) groups is 1. The second-order valence-electron chi connectivity index (χ2n) is 8.27. The normalized spacial score (nSPS) is 16.8. The third kappa shape index (κ3) is 5.22. The number of benzene rings is 3. The Morgan fingerprint density at radius 1 is 0.941 bits per heavy atom. The Morgan fingerprint density at radius 2 is 1.56 bits per heavy atom. The molecule has 34 heavy (non-hydrogen) atoms. The van der Waals surface area contributed by atoms with E-state index in [9.17, 15) is 14.9 Å². The van der Waals surface area contributed by atoms with Gasteiger partial charge in [-0.05, 0) is 43.5 Å². The second kappa shape index (κ2) is 10.4. The second-order valence-corrected chi connectivity index (χ2v) is 9.46. The van der Waals surface area contributed by atoms with E-state index in [-0.39, 0.29) is 11.5 Å². The van der Waals surface area contributed by atoms with E-state index in [1.807, 2.05) is 92.7 Å². The molecule has 1 fully saturated rings. The molecule has 0 aliphatic carbocycles. The summed E-state index contributed by atoms with van der Waals surface area (Å²) in [6, 6.07) is 27.2. The first-order chi connectivity index (χ1) is 16.5. The Bertz CT molecular complexity index is 1260. The lowest BCUT2D eigenvalue weighted by Gasteiger charge is -2.19. The van der Waals surface area contributed by atoms with Crippen LogP contribution in [-0.2, 0) is 22.6 Å². The first-order valence-electron chi connectivity index (χ1n) is 11.1. The fraction of sp³-hybridized carbons (Fsp3) is 0.179. The van der Waals surface area contributed by atoms with Gasteiger partial charge in [0, 0.05) is 12.2 Å². The van der Waals surface area contributed by atoms with E-state index in [1.165, 1.54) is 16.7 Å². The summed E-state index contributed by atoms with van der Waals surface area (Å²) in [7, 11) is 0. The first-order valence-corrected chi connectivity index (χ1v) is 11.9. The van der Waals surface area contributed by atoms with E-state index in [0.717, 1.165) is 22.3 Å². The number of nitrogens with zero attached hydrogens (tertiary/aromatic N) is 2. The molecule has 5 nitrogen and oxygen atoms in total. The van der Waals surface area contributed by atoms with Gasteiger partial charge >= 0.3 is 0 Å². The average Bonchev–Trinajstić information content (AvgIpc) is 3.16. The molecule has 1 saturated heterocycles. The van der Waals surface area contributed by atoms with Crippen molar-refractivity contribution in [3.8, 4) is 6.07 Å². The third-order valence-electron chi connectivity index (χ3n) is 5.64. The number of nitrogens with one attached hydrogen (secondary N) is 1. The van der Waals surface area contributed by atoms with Crippen LogP contribution in [0.3, 0.4) is 0 Å². The van der Waals surface area contributed by atoms with Gasteiger partial charge in [0.25, 0.3) is 5.91 Å². The monoisotopic (exact) mass is 467 g/mol. The van der Waals surface area contributed by atoms with Crippen molar-refractivity contribution in [3.63, 3.8) is 0 Å². The molecular formula is C28H25N3O2S. The van der Waals surface area contributed by atoms with Crippen molar-refractivity contribution in [1.82, 2.24) is 5.32 Å². The van der Waals surface area contributed by atoms with Crippen LogP contribution in [-0.4, -0.2) is 17.1 Å². The highest BCUT2D eigenvalue weighted by Crippen LogP contribution is 2.42. The van der Waals surface area contributed by atoms with Gasteiger partial charge in [-0.1, -0.05) is 89.6 Å². The predicted octanol–water partition coefficient (Wildman–Crippen LogP) is 5.05. The summed E-state index contributed by atoms with van der Waals surface area (Å²) in [5.41, 5.74) is 4.77. The van der Waals surface area contributed by atoms with Crippen LogP contribution in [0.1, 0.15) is 22.3 Å². The molecule has 4 rings (SSSR count). The lowest BCUT2D eigenvalue weighted by Crippen LogP contribution is -2.32. The van der Waals surface area contributed by atoms with Crippen molar-refractivity contribution in [1.29, 1.82) is 5.26 Å². The molecule has 0 saturated carbocycles. The number of nitriles is 1. The number of hydrogen-bond acceptors (Lipinski definition) is 4. The van der Waals surface area contributed by atoms with Crippen LogP contribution >= 0.6 is 11.8 Å². The maximum atomic E-state index is 13.5. The van der Waals surface area contributed by atoms with Gasteiger partial charge in [0.15, 0.2) is 0 Å². The van der Waals surface area contributed by atoms with E-state index < -0.39 is 11.2 Å². The molecule has 170 valence electrons. The SMILES string of the molecule is Cc1ccc(C[C@H]2S/C(=C(/C#N)C(=O)NCc3ccccc3)N(c3ccc(C)cc3)C2=O)cc1. The Labute approximate surface area is 204 Å². The zero-order chi connectivity index (χ0) is 24.1. The Kier molecular flexibility index (Phi) is 7.15. The van der Waals surface area contributed by atoms with E-state index in [1.54, 1.807) is 0 Å². The highest BCUT2D eigenvalue weighted by Gasteiger charge is 2.40. The molecule has 0 aromatic heterocycles. The molecule has 0 spiro atoms. The highest BCUT2D eigenvalue weighted by atomic mass is 32.2. The van der Waals surface area contributed by atoms with Gasteiger partial charge in [-0.25, -0.2) is 0 Å². The molecule has 0 bridgehead atoms. The highest BCUT2D eigenvalue weighted by molar-refractivity contribution is 8.05. The van der Waals surface area contributed by atoms with Crippen molar-refractivity contribution in [3.05, 3.63) is 112 Å². The summed E-state index contributed by atoms with van der Waals surface area (Å²) < 4.78 is 0. The quantitative estimate of drug-likeness (QED) is 0.407. The van der Waals surface area contributed by atoms with E-state index in [0.29, 0.717) is 23.7 Å². The first kappa shape index (κ1) is 23.3. The molecule has 3 aromatic rings. The van der Waals surface area contributed by atoms with Crippen molar-refractivity contribution in [2.45, 2.75) is 32.1 Å². The fourth-order valence-electron chi connectivity index (χ4n) is 3.72.